The van der Waals surface area contributed by atoms with Crippen molar-refractivity contribution < 1.29 is 33.4 Å². The Labute approximate surface area is 116 Å². The predicted molar refractivity (Wildman–Crippen MR) is 66.1 cm³/mol. The molecule has 0 aliphatic rings. The van der Waals surface area contributed by atoms with Crippen LogP contribution in [-0.4, -0.2) is 49.2 Å². The van der Waals surface area contributed by atoms with E-state index in [-0.39, 0.29) is 19.8 Å². The third kappa shape index (κ3) is 8.06. The van der Waals surface area contributed by atoms with Crippen molar-refractivity contribution in [2.45, 2.75) is 26.3 Å². The van der Waals surface area contributed by atoms with Crippen LogP contribution >= 0.6 is 0 Å². The maximum absolute atomic E-state index is 11.1. The molecule has 0 spiro atoms. The molecular formula is C12H18NO7. The summed E-state index contributed by atoms with van der Waals surface area (Å²) in [5.41, 5.74) is -1.37. The zero-order valence-electron chi connectivity index (χ0n) is 11.7. The van der Waals surface area contributed by atoms with Crippen molar-refractivity contribution in [1.29, 1.82) is 0 Å². The van der Waals surface area contributed by atoms with Gasteiger partial charge in [0.2, 0.25) is 5.91 Å². The van der Waals surface area contributed by atoms with Gasteiger partial charge in [-0.15, -0.1) is 0 Å². The Bertz CT molecular complexity index is 346. The van der Waals surface area contributed by atoms with Gasteiger partial charge >= 0.3 is 17.9 Å². The molecule has 1 N–H and O–H groups in total. The molecule has 0 aromatic carbocycles. The topological polar surface area (TPSA) is 108 Å². The minimum absolute atomic E-state index is 0.329. The zero-order chi connectivity index (χ0) is 15.8. The quantitative estimate of drug-likeness (QED) is 0.490. The first-order valence-electron chi connectivity index (χ1n) is 5.71. The summed E-state index contributed by atoms with van der Waals surface area (Å²) < 4.78 is 14.4. The lowest BCUT2D eigenvalue weighted by Gasteiger charge is -2.32. The van der Waals surface area contributed by atoms with Gasteiger partial charge < -0.3 is 19.5 Å². The molecule has 0 bridgehead atoms. The van der Waals surface area contributed by atoms with Crippen molar-refractivity contribution in [3.63, 3.8) is 0 Å². The Balaban J connectivity index is 5.02. The Hall–Kier alpha value is -2.12. The molecule has 0 aliphatic carbocycles. The largest absolute Gasteiger partial charge is 0.463 e. The number of amides is 1. The summed E-state index contributed by atoms with van der Waals surface area (Å²) in [5, 5.41) is 2.38. The molecule has 8 heteroatoms. The highest BCUT2D eigenvalue weighted by atomic mass is 16.6. The normalized spacial score (nSPS) is 10.4. The van der Waals surface area contributed by atoms with Crippen LogP contribution in [0.15, 0.2) is 0 Å². The van der Waals surface area contributed by atoms with Gasteiger partial charge in [0.1, 0.15) is 25.4 Å². The van der Waals surface area contributed by atoms with Crippen molar-refractivity contribution in [1.82, 2.24) is 5.32 Å². The SMILES string of the molecule is [CH2]C(=O)NC(COC(C)=O)(COC(C)=O)COC(C)=O. The Morgan fingerprint density at radius 3 is 1.35 bits per heavy atom. The molecule has 20 heavy (non-hydrogen) atoms. The number of ether oxygens (including phenoxy) is 3. The van der Waals surface area contributed by atoms with Crippen LogP contribution in [0.3, 0.4) is 0 Å². The monoisotopic (exact) mass is 288 g/mol. The lowest BCUT2D eigenvalue weighted by atomic mass is 10.0. The highest BCUT2D eigenvalue weighted by Gasteiger charge is 2.36. The van der Waals surface area contributed by atoms with Crippen LogP contribution < -0.4 is 5.32 Å². The van der Waals surface area contributed by atoms with Gasteiger partial charge in [-0.3, -0.25) is 19.2 Å². The van der Waals surface area contributed by atoms with Crippen molar-refractivity contribution in [2.24, 2.45) is 0 Å². The van der Waals surface area contributed by atoms with E-state index in [4.69, 9.17) is 14.2 Å². The number of hydrogen-bond donors (Lipinski definition) is 1. The van der Waals surface area contributed by atoms with Crippen LogP contribution in [0.4, 0.5) is 0 Å². The molecule has 0 rings (SSSR count). The van der Waals surface area contributed by atoms with Crippen molar-refractivity contribution in [2.75, 3.05) is 19.8 Å². The van der Waals surface area contributed by atoms with Gasteiger partial charge in [0.15, 0.2) is 0 Å². The molecule has 0 heterocycles. The van der Waals surface area contributed by atoms with E-state index in [0.717, 1.165) is 0 Å². The van der Waals surface area contributed by atoms with Crippen LogP contribution in [0.5, 0.6) is 0 Å². The van der Waals surface area contributed by atoms with Crippen LogP contribution in [-0.2, 0) is 33.4 Å². The van der Waals surface area contributed by atoms with Gasteiger partial charge in [-0.25, -0.2) is 0 Å². The first kappa shape index (κ1) is 17.9. The number of carbonyl (C=O) groups is 4. The van der Waals surface area contributed by atoms with E-state index in [1.165, 1.54) is 20.8 Å². The highest BCUT2D eigenvalue weighted by molar-refractivity contribution is 5.81. The Morgan fingerprint density at radius 2 is 1.15 bits per heavy atom. The van der Waals surface area contributed by atoms with E-state index in [9.17, 15) is 19.2 Å². The molecule has 0 atom stereocenters. The molecule has 1 amide bonds. The summed E-state index contributed by atoms with van der Waals surface area (Å²) in [6, 6.07) is 0. The minimum Gasteiger partial charge on any atom is -0.463 e. The fraction of sp³-hybridized carbons (Fsp3) is 0.583. The van der Waals surface area contributed by atoms with Crippen LogP contribution in [0.25, 0.3) is 0 Å². The molecule has 1 radical (unpaired) electrons. The average Bonchev–Trinajstić information content (AvgIpc) is 2.30. The number of rotatable bonds is 7. The molecular weight excluding hydrogens is 270 g/mol. The van der Waals surface area contributed by atoms with Crippen molar-refractivity contribution in [3.05, 3.63) is 6.92 Å². The molecule has 8 nitrogen and oxygen atoms in total. The third-order valence-electron chi connectivity index (χ3n) is 2.06. The number of hydrogen-bond acceptors (Lipinski definition) is 7. The molecule has 0 fully saturated rings. The van der Waals surface area contributed by atoms with E-state index in [1.54, 1.807) is 0 Å². The van der Waals surface area contributed by atoms with Crippen LogP contribution in [0.1, 0.15) is 20.8 Å². The standard InChI is InChI=1S/C12H18NO7/c1-8(14)13-12(5-18-9(2)15,6-19-10(3)16)7-20-11(4)17/h1,5-7H2,2-4H3,(H,13,14). The van der Waals surface area contributed by atoms with Gasteiger partial charge in [0.25, 0.3) is 0 Å². The van der Waals surface area contributed by atoms with E-state index < -0.39 is 29.4 Å². The van der Waals surface area contributed by atoms with E-state index in [0.29, 0.717) is 0 Å². The fourth-order valence-electron chi connectivity index (χ4n) is 1.25. The summed E-state index contributed by atoms with van der Waals surface area (Å²) in [6.07, 6.45) is 0. The maximum atomic E-state index is 11.1. The lowest BCUT2D eigenvalue weighted by molar-refractivity contribution is -0.156. The van der Waals surface area contributed by atoms with Gasteiger partial charge in [0.05, 0.1) is 0 Å². The second-order valence-electron chi connectivity index (χ2n) is 4.17. The second kappa shape index (κ2) is 8.13. The molecule has 0 aromatic heterocycles. The lowest BCUT2D eigenvalue weighted by Crippen LogP contribution is -2.58. The van der Waals surface area contributed by atoms with Crippen LogP contribution in [0, 0.1) is 6.92 Å². The van der Waals surface area contributed by atoms with Crippen molar-refractivity contribution in [3.8, 4) is 0 Å². The predicted octanol–water partition coefficient (Wildman–Crippen LogP) is -0.635. The highest BCUT2D eigenvalue weighted by Crippen LogP contribution is 2.09. The summed E-state index contributed by atoms with van der Waals surface area (Å²) in [4.78, 5) is 43.8. The molecule has 0 aromatic rings. The second-order valence-corrected chi connectivity index (χ2v) is 4.17. The Morgan fingerprint density at radius 1 is 0.850 bits per heavy atom. The molecule has 113 valence electrons. The van der Waals surface area contributed by atoms with Gasteiger partial charge in [-0.2, -0.15) is 0 Å². The molecule has 0 aliphatic heterocycles. The van der Waals surface area contributed by atoms with E-state index in [1.807, 2.05) is 0 Å². The smallest absolute Gasteiger partial charge is 0.302 e. The first-order valence-corrected chi connectivity index (χ1v) is 5.71. The summed E-state index contributed by atoms with van der Waals surface area (Å²) >= 11 is 0. The van der Waals surface area contributed by atoms with Crippen molar-refractivity contribution >= 4 is 23.8 Å². The fourth-order valence-corrected chi connectivity index (χ4v) is 1.25. The number of esters is 3. The summed E-state index contributed by atoms with van der Waals surface area (Å²) in [7, 11) is 0. The summed E-state index contributed by atoms with van der Waals surface area (Å²) in [5.74, 6) is -2.49. The molecule has 0 unspecified atom stereocenters. The third-order valence-corrected chi connectivity index (χ3v) is 2.06. The van der Waals surface area contributed by atoms with Crippen LogP contribution in [0.2, 0.25) is 0 Å². The number of nitrogens with one attached hydrogen (secondary N) is 1. The minimum atomic E-state index is -1.37. The van der Waals surface area contributed by atoms with E-state index in [2.05, 4.69) is 12.2 Å². The number of carbonyl (C=O) groups excluding carboxylic acids is 4. The zero-order valence-corrected chi connectivity index (χ0v) is 11.7. The van der Waals surface area contributed by atoms with E-state index >= 15 is 0 Å². The first-order chi connectivity index (χ1) is 9.17. The van der Waals surface area contributed by atoms with Gasteiger partial charge in [-0.05, 0) is 0 Å². The van der Waals surface area contributed by atoms with Gasteiger partial charge in [0, 0.05) is 27.7 Å². The molecule has 0 saturated carbocycles. The van der Waals surface area contributed by atoms with Gasteiger partial charge in [-0.1, -0.05) is 0 Å². The molecule has 0 saturated heterocycles. The Kier molecular flexibility index (Phi) is 7.27. The average molecular weight is 288 g/mol. The summed E-state index contributed by atoms with van der Waals surface area (Å²) in [6.45, 7) is 5.67. The maximum Gasteiger partial charge on any atom is 0.302 e.